The molecule has 1 aliphatic heterocycles. The second-order valence-electron chi connectivity index (χ2n) is 5.14. The highest BCUT2D eigenvalue weighted by molar-refractivity contribution is 7.89. The number of benzene rings is 1. The van der Waals surface area contributed by atoms with Crippen molar-refractivity contribution in [3.8, 4) is 0 Å². The Morgan fingerprint density at radius 3 is 2.30 bits per heavy atom. The van der Waals surface area contributed by atoms with Crippen molar-refractivity contribution in [2.45, 2.75) is 30.2 Å². The van der Waals surface area contributed by atoms with Gasteiger partial charge in [0.25, 0.3) is 6.43 Å². The van der Waals surface area contributed by atoms with E-state index < -0.39 is 35.0 Å². The lowest BCUT2D eigenvalue weighted by Crippen LogP contribution is -2.45. The van der Waals surface area contributed by atoms with Crippen molar-refractivity contribution < 1.29 is 31.8 Å². The summed E-state index contributed by atoms with van der Waals surface area (Å²) in [6.07, 6.45) is -2.11. The molecule has 6 nitrogen and oxygen atoms in total. The van der Waals surface area contributed by atoms with Crippen LogP contribution in [-0.4, -0.2) is 56.0 Å². The van der Waals surface area contributed by atoms with Crippen LogP contribution in [0.5, 0.6) is 0 Å². The molecule has 0 radical (unpaired) electrons. The molecule has 1 N–H and O–H groups in total. The van der Waals surface area contributed by atoms with Crippen molar-refractivity contribution in [2.24, 2.45) is 0 Å². The molecule has 23 heavy (non-hydrogen) atoms. The molecular weight excluding hydrogens is 332 g/mol. The Balaban J connectivity index is 2.32. The number of carboxylic acids is 1. The normalized spacial score (nSPS) is 16.9. The Morgan fingerprint density at radius 1 is 1.26 bits per heavy atom. The molecule has 1 aromatic rings. The molecule has 0 atom stereocenters. The lowest BCUT2D eigenvalue weighted by atomic mass is 10.1. The molecule has 1 aromatic carbocycles. The summed E-state index contributed by atoms with van der Waals surface area (Å²) in [5.41, 5.74) is -0.0737. The maximum atomic E-state index is 12.8. The van der Waals surface area contributed by atoms with E-state index in [-0.39, 0.29) is 10.5 Å². The van der Waals surface area contributed by atoms with Crippen LogP contribution in [0.25, 0.3) is 0 Å². The minimum atomic E-state index is -4.13. The molecule has 9 heteroatoms. The van der Waals surface area contributed by atoms with Crippen LogP contribution < -0.4 is 0 Å². The highest BCUT2D eigenvalue weighted by Gasteiger charge is 2.34. The topological polar surface area (TPSA) is 83.9 Å². The first-order valence-corrected chi connectivity index (χ1v) is 8.47. The van der Waals surface area contributed by atoms with Gasteiger partial charge in [-0.2, -0.15) is 4.31 Å². The van der Waals surface area contributed by atoms with E-state index in [0.717, 1.165) is 28.6 Å². The summed E-state index contributed by atoms with van der Waals surface area (Å²) < 4.78 is 56.9. The first kappa shape index (κ1) is 17.8. The maximum absolute atomic E-state index is 12.8. The van der Waals surface area contributed by atoms with Gasteiger partial charge in [0, 0.05) is 19.3 Å². The van der Waals surface area contributed by atoms with Gasteiger partial charge < -0.3 is 9.84 Å². The standard InChI is InChI=1S/C14H17F2NO5S/c15-13(16)9-17(11-5-7-22-8-6-11)23(20,21)12-3-1-10(2-4-12)14(18)19/h1-4,11,13H,5-9H2,(H,18,19). The van der Waals surface area contributed by atoms with Crippen LogP contribution >= 0.6 is 0 Å². The van der Waals surface area contributed by atoms with E-state index >= 15 is 0 Å². The number of nitrogens with zero attached hydrogens (tertiary/aromatic N) is 1. The second kappa shape index (κ2) is 7.33. The largest absolute Gasteiger partial charge is 0.478 e. The molecule has 1 heterocycles. The molecule has 0 aromatic heterocycles. The number of hydrogen-bond acceptors (Lipinski definition) is 4. The fourth-order valence-electron chi connectivity index (χ4n) is 2.46. The van der Waals surface area contributed by atoms with Crippen molar-refractivity contribution in [1.29, 1.82) is 0 Å². The molecule has 1 aliphatic rings. The monoisotopic (exact) mass is 349 g/mol. The predicted molar refractivity (Wildman–Crippen MR) is 77.1 cm³/mol. The van der Waals surface area contributed by atoms with Crippen LogP contribution in [0, 0.1) is 0 Å². The Hall–Kier alpha value is -1.58. The molecule has 0 amide bonds. The smallest absolute Gasteiger partial charge is 0.335 e. The number of halogens is 2. The fourth-order valence-corrected chi connectivity index (χ4v) is 4.12. The molecule has 2 rings (SSSR count). The van der Waals surface area contributed by atoms with Crippen LogP contribution in [0.1, 0.15) is 23.2 Å². The molecule has 128 valence electrons. The first-order valence-electron chi connectivity index (χ1n) is 7.03. The van der Waals surface area contributed by atoms with E-state index in [9.17, 15) is 22.0 Å². The average molecular weight is 349 g/mol. The van der Waals surface area contributed by atoms with Gasteiger partial charge in [-0.25, -0.2) is 22.0 Å². The number of carbonyl (C=O) groups is 1. The maximum Gasteiger partial charge on any atom is 0.335 e. The lowest BCUT2D eigenvalue weighted by Gasteiger charge is -2.33. The zero-order chi connectivity index (χ0) is 17.0. The number of aromatic carboxylic acids is 1. The minimum Gasteiger partial charge on any atom is -0.478 e. The average Bonchev–Trinajstić information content (AvgIpc) is 2.53. The summed E-state index contributed by atoms with van der Waals surface area (Å²) in [5.74, 6) is -1.19. The Labute approximate surface area is 132 Å². The molecule has 0 unspecified atom stereocenters. The second-order valence-corrected chi connectivity index (χ2v) is 7.03. The summed E-state index contributed by atoms with van der Waals surface area (Å²) in [5, 5.41) is 8.84. The molecule has 0 spiro atoms. The summed E-state index contributed by atoms with van der Waals surface area (Å²) in [6.45, 7) is -0.260. The number of ether oxygens (including phenoxy) is 1. The lowest BCUT2D eigenvalue weighted by molar-refractivity contribution is 0.0396. The van der Waals surface area contributed by atoms with Gasteiger partial charge in [0.2, 0.25) is 10.0 Å². The number of rotatable bonds is 6. The van der Waals surface area contributed by atoms with Gasteiger partial charge in [0.1, 0.15) is 0 Å². The highest BCUT2D eigenvalue weighted by Crippen LogP contribution is 2.25. The van der Waals surface area contributed by atoms with Gasteiger partial charge in [-0.3, -0.25) is 0 Å². The third kappa shape index (κ3) is 4.24. The van der Waals surface area contributed by atoms with E-state index in [4.69, 9.17) is 9.84 Å². The number of sulfonamides is 1. The molecule has 1 fully saturated rings. The van der Waals surface area contributed by atoms with Gasteiger partial charge in [-0.15, -0.1) is 0 Å². The molecule has 0 saturated carbocycles. The summed E-state index contributed by atoms with van der Waals surface area (Å²) in [4.78, 5) is 10.6. The van der Waals surface area contributed by atoms with Crippen molar-refractivity contribution >= 4 is 16.0 Å². The van der Waals surface area contributed by atoms with Gasteiger partial charge >= 0.3 is 5.97 Å². The molecular formula is C14H17F2NO5S. The van der Waals surface area contributed by atoms with E-state index in [0.29, 0.717) is 26.1 Å². The quantitative estimate of drug-likeness (QED) is 0.847. The molecule has 1 saturated heterocycles. The van der Waals surface area contributed by atoms with Crippen LogP contribution in [-0.2, 0) is 14.8 Å². The number of alkyl halides is 2. The zero-order valence-electron chi connectivity index (χ0n) is 12.2. The van der Waals surface area contributed by atoms with Crippen LogP contribution in [0.15, 0.2) is 29.2 Å². The Morgan fingerprint density at radius 2 is 1.83 bits per heavy atom. The SMILES string of the molecule is O=C(O)c1ccc(S(=O)(=O)N(CC(F)F)C2CCOCC2)cc1. The van der Waals surface area contributed by atoms with Crippen molar-refractivity contribution in [3.63, 3.8) is 0 Å². The third-order valence-electron chi connectivity index (χ3n) is 3.62. The predicted octanol–water partition coefficient (Wildman–Crippen LogP) is 1.82. The minimum absolute atomic E-state index is 0.0737. The van der Waals surface area contributed by atoms with E-state index in [1.165, 1.54) is 0 Å². The molecule has 0 bridgehead atoms. The van der Waals surface area contributed by atoms with Gasteiger partial charge in [-0.05, 0) is 37.1 Å². The Bertz CT molecular complexity index is 642. The van der Waals surface area contributed by atoms with Crippen LogP contribution in [0.4, 0.5) is 8.78 Å². The van der Waals surface area contributed by atoms with E-state index in [1.54, 1.807) is 0 Å². The van der Waals surface area contributed by atoms with Gasteiger partial charge in [-0.1, -0.05) is 0 Å². The number of hydrogen-bond donors (Lipinski definition) is 1. The van der Waals surface area contributed by atoms with Crippen molar-refractivity contribution in [3.05, 3.63) is 29.8 Å². The summed E-state index contributed by atoms with van der Waals surface area (Å²) >= 11 is 0. The molecule has 0 aliphatic carbocycles. The van der Waals surface area contributed by atoms with E-state index in [1.807, 2.05) is 0 Å². The van der Waals surface area contributed by atoms with Crippen LogP contribution in [0.2, 0.25) is 0 Å². The van der Waals surface area contributed by atoms with Crippen molar-refractivity contribution in [2.75, 3.05) is 19.8 Å². The zero-order valence-corrected chi connectivity index (χ0v) is 13.0. The fraction of sp³-hybridized carbons (Fsp3) is 0.500. The van der Waals surface area contributed by atoms with Gasteiger partial charge in [0.05, 0.1) is 17.0 Å². The van der Waals surface area contributed by atoms with Crippen LogP contribution in [0.3, 0.4) is 0 Å². The highest BCUT2D eigenvalue weighted by atomic mass is 32.2. The summed E-state index contributed by atoms with van der Waals surface area (Å²) in [7, 11) is -4.13. The first-order chi connectivity index (χ1) is 10.8. The summed E-state index contributed by atoms with van der Waals surface area (Å²) in [6, 6.07) is 3.97. The van der Waals surface area contributed by atoms with Crippen molar-refractivity contribution in [1.82, 2.24) is 4.31 Å². The third-order valence-corrected chi connectivity index (χ3v) is 5.56. The Kier molecular flexibility index (Phi) is 5.66. The number of carboxylic acid groups (broad SMARTS) is 1. The van der Waals surface area contributed by atoms with Gasteiger partial charge in [0.15, 0.2) is 0 Å². The van der Waals surface area contributed by atoms with E-state index in [2.05, 4.69) is 0 Å².